The Balaban J connectivity index is 2.38. The van der Waals surface area contributed by atoms with E-state index >= 15 is 4.39 Å². The predicted octanol–water partition coefficient (Wildman–Crippen LogP) is 5.85. The molecule has 7 heteroatoms. The molecule has 164 valence electrons. The summed E-state index contributed by atoms with van der Waals surface area (Å²) in [6.45, 7) is 7.79. The molecule has 2 aromatic carbocycles. The maximum Gasteiger partial charge on any atom is 0.321 e. The van der Waals surface area contributed by atoms with Crippen LogP contribution in [0.3, 0.4) is 0 Å². The summed E-state index contributed by atoms with van der Waals surface area (Å²) in [5, 5.41) is 24.5. The van der Waals surface area contributed by atoms with Crippen molar-refractivity contribution < 1.29 is 14.3 Å². The van der Waals surface area contributed by atoms with E-state index in [-0.39, 0.29) is 16.0 Å². The van der Waals surface area contributed by atoms with Gasteiger partial charge in [0.05, 0.1) is 6.07 Å². The minimum absolute atomic E-state index is 0.134. The predicted molar refractivity (Wildman–Crippen MR) is 120 cm³/mol. The second-order valence-corrected chi connectivity index (χ2v) is 10.2. The maximum atomic E-state index is 15.3. The van der Waals surface area contributed by atoms with Crippen molar-refractivity contribution in [3.63, 3.8) is 0 Å². The highest BCUT2D eigenvalue weighted by Crippen LogP contribution is 2.52. The first-order chi connectivity index (χ1) is 14.4. The third kappa shape index (κ3) is 4.17. The van der Waals surface area contributed by atoms with Crippen molar-refractivity contribution in [3.05, 3.63) is 69.0 Å². The standard InChI is InChI=1S/C24H25Cl2FN2O2/c1-13-15(6-5-7-17(13)26)20-21(22(30)31)29-19(11-23(2,3)4)24(20,12-28)16-9-8-14(25)10-18(16)27/h5-10,19-21,29H,11H2,1-4H3,(H,30,31). The SMILES string of the molecule is Cc1c(Cl)cccc1C1C(C(=O)O)NC(CC(C)(C)C)C1(C#N)c1ccc(Cl)cc1F. The van der Waals surface area contributed by atoms with E-state index in [0.717, 1.165) is 0 Å². The first-order valence-corrected chi connectivity index (χ1v) is 10.8. The molecule has 2 N–H and O–H groups in total. The van der Waals surface area contributed by atoms with Gasteiger partial charge in [0, 0.05) is 27.6 Å². The van der Waals surface area contributed by atoms with Crippen LogP contribution in [0.15, 0.2) is 36.4 Å². The molecule has 31 heavy (non-hydrogen) atoms. The zero-order valence-electron chi connectivity index (χ0n) is 17.8. The topological polar surface area (TPSA) is 73.1 Å². The van der Waals surface area contributed by atoms with Crippen LogP contribution < -0.4 is 5.32 Å². The van der Waals surface area contributed by atoms with Gasteiger partial charge in [-0.1, -0.05) is 62.2 Å². The van der Waals surface area contributed by atoms with Crippen LogP contribution in [-0.2, 0) is 10.2 Å². The molecule has 0 bridgehead atoms. The number of nitrogens with one attached hydrogen (secondary N) is 1. The zero-order chi connectivity index (χ0) is 23.1. The fraction of sp³-hybridized carbons (Fsp3) is 0.417. The number of aliphatic carboxylic acids is 1. The summed E-state index contributed by atoms with van der Waals surface area (Å²) in [5.41, 5.74) is -0.314. The molecule has 0 radical (unpaired) electrons. The Morgan fingerprint density at radius 3 is 2.52 bits per heavy atom. The monoisotopic (exact) mass is 462 g/mol. The van der Waals surface area contributed by atoms with Crippen molar-refractivity contribution in [2.24, 2.45) is 5.41 Å². The summed E-state index contributed by atoms with van der Waals surface area (Å²) < 4.78 is 15.3. The number of nitriles is 1. The maximum absolute atomic E-state index is 15.3. The lowest BCUT2D eigenvalue weighted by Gasteiger charge is -2.37. The van der Waals surface area contributed by atoms with Crippen LogP contribution in [0, 0.1) is 29.5 Å². The summed E-state index contributed by atoms with van der Waals surface area (Å²) in [6, 6.07) is 10.0. The van der Waals surface area contributed by atoms with Crippen LogP contribution in [0.25, 0.3) is 0 Å². The lowest BCUT2D eigenvalue weighted by Crippen LogP contribution is -2.44. The van der Waals surface area contributed by atoms with Gasteiger partial charge in [-0.3, -0.25) is 10.1 Å². The van der Waals surface area contributed by atoms with Crippen LogP contribution in [-0.4, -0.2) is 23.2 Å². The zero-order valence-corrected chi connectivity index (χ0v) is 19.4. The summed E-state index contributed by atoms with van der Waals surface area (Å²) in [7, 11) is 0. The summed E-state index contributed by atoms with van der Waals surface area (Å²) in [6.07, 6.45) is 0.461. The molecule has 1 aliphatic heterocycles. The summed E-state index contributed by atoms with van der Waals surface area (Å²) in [4.78, 5) is 12.3. The highest BCUT2D eigenvalue weighted by atomic mass is 35.5. The van der Waals surface area contributed by atoms with Crippen molar-refractivity contribution in [2.75, 3.05) is 0 Å². The Bertz CT molecular complexity index is 1060. The Morgan fingerprint density at radius 1 is 1.29 bits per heavy atom. The first-order valence-electron chi connectivity index (χ1n) is 10.0. The van der Waals surface area contributed by atoms with Gasteiger partial charge in [0.25, 0.3) is 0 Å². The molecule has 1 saturated heterocycles. The van der Waals surface area contributed by atoms with E-state index in [1.165, 1.54) is 18.2 Å². The summed E-state index contributed by atoms with van der Waals surface area (Å²) in [5.74, 6) is -2.60. The second-order valence-electron chi connectivity index (χ2n) is 9.34. The van der Waals surface area contributed by atoms with Crippen molar-refractivity contribution in [3.8, 4) is 6.07 Å². The molecule has 1 fully saturated rings. The number of rotatable bonds is 4. The van der Waals surface area contributed by atoms with Crippen molar-refractivity contribution in [1.82, 2.24) is 5.32 Å². The normalized spacial score (nSPS) is 25.9. The molecule has 0 aliphatic carbocycles. The molecule has 4 atom stereocenters. The number of carboxylic acid groups (broad SMARTS) is 1. The highest BCUT2D eigenvalue weighted by molar-refractivity contribution is 6.31. The van der Waals surface area contributed by atoms with E-state index in [1.54, 1.807) is 25.1 Å². The molecular formula is C24H25Cl2FN2O2. The van der Waals surface area contributed by atoms with Crippen LogP contribution in [0.5, 0.6) is 0 Å². The van der Waals surface area contributed by atoms with Crippen LogP contribution >= 0.6 is 23.2 Å². The molecule has 2 aromatic rings. The molecule has 1 aliphatic rings. The summed E-state index contributed by atoms with van der Waals surface area (Å²) >= 11 is 12.3. The lowest BCUT2D eigenvalue weighted by molar-refractivity contribution is -0.139. The van der Waals surface area contributed by atoms with Gasteiger partial charge in [-0.15, -0.1) is 0 Å². The number of halogens is 3. The van der Waals surface area contributed by atoms with Crippen LogP contribution in [0.4, 0.5) is 4.39 Å². The first kappa shape index (κ1) is 23.5. The van der Waals surface area contributed by atoms with Gasteiger partial charge >= 0.3 is 5.97 Å². The fourth-order valence-electron chi connectivity index (χ4n) is 4.74. The Hall–Kier alpha value is -2.13. The second kappa shape index (κ2) is 8.43. The minimum Gasteiger partial charge on any atom is -0.480 e. The third-order valence-corrected chi connectivity index (χ3v) is 6.69. The number of nitrogens with zero attached hydrogens (tertiary/aromatic N) is 1. The van der Waals surface area contributed by atoms with Crippen LogP contribution in [0.1, 0.15) is 49.8 Å². The quantitative estimate of drug-likeness (QED) is 0.597. The number of carbonyl (C=O) groups is 1. The molecule has 4 nitrogen and oxygen atoms in total. The lowest BCUT2D eigenvalue weighted by atomic mass is 9.62. The van der Waals surface area contributed by atoms with E-state index in [0.29, 0.717) is 22.6 Å². The number of hydrogen-bond acceptors (Lipinski definition) is 3. The average Bonchev–Trinajstić information content (AvgIpc) is 2.97. The van der Waals surface area contributed by atoms with E-state index in [2.05, 4.69) is 11.4 Å². The van der Waals surface area contributed by atoms with E-state index in [9.17, 15) is 15.2 Å². The average molecular weight is 463 g/mol. The van der Waals surface area contributed by atoms with Crippen molar-refractivity contribution in [2.45, 2.75) is 57.5 Å². The largest absolute Gasteiger partial charge is 0.480 e. The Labute approximate surface area is 192 Å². The Kier molecular flexibility index (Phi) is 6.40. The van der Waals surface area contributed by atoms with E-state index in [1.807, 2.05) is 20.8 Å². The minimum atomic E-state index is -1.49. The van der Waals surface area contributed by atoms with Gasteiger partial charge in [-0.2, -0.15) is 5.26 Å². The Morgan fingerprint density at radius 2 is 1.97 bits per heavy atom. The van der Waals surface area contributed by atoms with Gasteiger partial charge < -0.3 is 5.11 Å². The fourth-order valence-corrected chi connectivity index (χ4v) is 5.08. The molecule has 0 amide bonds. The van der Waals surface area contributed by atoms with Gasteiger partial charge in [-0.25, -0.2) is 4.39 Å². The van der Waals surface area contributed by atoms with Crippen molar-refractivity contribution in [1.29, 1.82) is 5.26 Å². The highest BCUT2D eigenvalue weighted by Gasteiger charge is 2.60. The van der Waals surface area contributed by atoms with Crippen molar-refractivity contribution >= 4 is 29.2 Å². The number of carboxylic acids is 1. The third-order valence-electron chi connectivity index (χ3n) is 6.04. The molecular weight excluding hydrogens is 438 g/mol. The molecule has 0 aromatic heterocycles. The molecule has 0 spiro atoms. The van der Waals surface area contributed by atoms with E-state index < -0.39 is 35.2 Å². The molecule has 3 rings (SSSR count). The smallest absolute Gasteiger partial charge is 0.321 e. The van der Waals surface area contributed by atoms with Crippen LogP contribution in [0.2, 0.25) is 10.0 Å². The van der Waals surface area contributed by atoms with Gasteiger partial charge in [0.1, 0.15) is 17.3 Å². The van der Waals surface area contributed by atoms with Gasteiger partial charge in [0.15, 0.2) is 0 Å². The number of benzene rings is 2. The molecule has 4 unspecified atom stereocenters. The van der Waals surface area contributed by atoms with Gasteiger partial charge in [-0.05, 0) is 48.1 Å². The van der Waals surface area contributed by atoms with Gasteiger partial charge in [0.2, 0.25) is 0 Å². The molecule has 0 saturated carbocycles. The molecule has 1 heterocycles. The van der Waals surface area contributed by atoms with E-state index in [4.69, 9.17) is 23.2 Å². The number of hydrogen-bond donors (Lipinski definition) is 2.